The molecular formula is C12H18N4. The third kappa shape index (κ3) is 2.02. The normalized spacial score (nSPS) is 25.4. The maximum Gasteiger partial charge on any atom is 0.151 e. The van der Waals surface area contributed by atoms with Crippen molar-refractivity contribution in [3.63, 3.8) is 0 Å². The predicted molar refractivity (Wildman–Crippen MR) is 63.4 cm³/mol. The van der Waals surface area contributed by atoms with E-state index in [2.05, 4.69) is 26.5 Å². The molecule has 16 heavy (non-hydrogen) atoms. The van der Waals surface area contributed by atoms with E-state index in [1.165, 1.54) is 25.7 Å². The molecule has 1 aliphatic carbocycles. The Morgan fingerprint density at radius 3 is 2.81 bits per heavy atom. The number of rotatable bonds is 3. The molecule has 2 fully saturated rings. The van der Waals surface area contributed by atoms with Gasteiger partial charge in [0.25, 0.3) is 0 Å². The quantitative estimate of drug-likeness (QED) is 0.827. The first-order valence-electron chi connectivity index (χ1n) is 6.22. The second-order valence-electron chi connectivity index (χ2n) is 4.72. The molecular weight excluding hydrogens is 200 g/mol. The molecule has 1 aromatic heterocycles. The average Bonchev–Trinajstić information content (AvgIpc) is 3.17. The van der Waals surface area contributed by atoms with Crippen LogP contribution in [0.5, 0.6) is 0 Å². The number of nitrogens with zero attached hydrogens (tertiary/aromatic N) is 3. The standard InChI is InChI=1S/C12H18N4/c1-3-11(9-13-7-1)16(10-5-6-10)12-4-2-8-14-15-12/h2,4,8,10-11,13H,1,3,5-7,9H2. The van der Waals surface area contributed by atoms with E-state index in [4.69, 9.17) is 0 Å². The third-order valence-corrected chi connectivity index (χ3v) is 3.43. The smallest absolute Gasteiger partial charge is 0.151 e. The van der Waals surface area contributed by atoms with E-state index < -0.39 is 0 Å². The zero-order chi connectivity index (χ0) is 10.8. The van der Waals surface area contributed by atoms with Crippen molar-refractivity contribution >= 4 is 5.82 Å². The Morgan fingerprint density at radius 1 is 1.25 bits per heavy atom. The molecule has 0 radical (unpaired) electrons. The van der Waals surface area contributed by atoms with Gasteiger partial charge in [-0.15, -0.1) is 5.10 Å². The highest BCUT2D eigenvalue weighted by molar-refractivity contribution is 5.41. The third-order valence-electron chi connectivity index (χ3n) is 3.43. The van der Waals surface area contributed by atoms with Crippen LogP contribution in [0.3, 0.4) is 0 Å². The monoisotopic (exact) mass is 218 g/mol. The molecule has 0 aromatic carbocycles. The van der Waals surface area contributed by atoms with E-state index in [9.17, 15) is 0 Å². The molecule has 1 saturated carbocycles. The van der Waals surface area contributed by atoms with E-state index in [1.54, 1.807) is 6.20 Å². The van der Waals surface area contributed by atoms with Crippen LogP contribution in [0, 0.1) is 0 Å². The van der Waals surface area contributed by atoms with Gasteiger partial charge < -0.3 is 10.2 Å². The van der Waals surface area contributed by atoms with Crippen LogP contribution in [-0.2, 0) is 0 Å². The molecule has 3 rings (SSSR count). The van der Waals surface area contributed by atoms with Gasteiger partial charge in [0.05, 0.1) is 0 Å². The second kappa shape index (κ2) is 4.37. The van der Waals surface area contributed by atoms with E-state index in [0.29, 0.717) is 12.1 Å². The Kier molecular flexibility index (Phi) is 2.74. The fourth-order valence-electron chi connectivity index (χ4n) is 2.53. The lowest BCUT2D eigenvalue weighted by Gasteiger charge is -2.35. The fraction of sp³-hybridized carbons (Fsp3) is 0.667. The minimum absolute atomic E-state index is 0.609. The lowest BCUT2D eigenvalue weighted by atomic mass is 10.1. The first-order valence-corrected chi connectivity index (χ1v) is 6.22. The number of aromatic nitrogens is 2. The molecule has 4 nitrogen and oxygen atoms in total. The molecule has 4 heteroatoms. The summed E-state index contributed by atoms with van der Waals surface area (Å²) in [7, 11) is 0. The molecule has 0 bridgehead atoms. The van der Waals surface area contributed by atoms with Crippen LogP contribution in [0.15, 0.2) is 18.3 Å². The van der Waals surface area contributed by atoms with Crippen LogP contribution in [-0.4, -0.2) is 35.4 Å². The van der Waals surface area contributed by atoms with Crippen LogP contribution in [0.25, 0.3) is 0 Å². The van der Waals surface area contributed by atoms with Crippen LogP contribution < -0.4 is 10.2 Å². The molecule has 1 N–H and O–H groups in total. The van der Waals surface area contributed by atoms with Crippen molar-refractivity contribution < 1.29 is 0 Å². The van der Waals surface area contributed by atoms with Gasteiger partial charge in [0, 0.05) is 24.8 Å². The zero-order valence-electron chi connectivity index (χ0n) is 9.47. The first-order chi connectivity index (χ1) is 7.95. The number of hydrogen-bond acceptors (Lipinski definition) is 4. The van der Waals surface area contributed by atoms with Gasteiger partial charge in [0.15, 0.2) is 5.82 Å². The maximum absolute atomic E-state index is 4.26. The van der Waals surface area contributed by atoms with Gasteiger partial charge in [-0.05, 0) is 44.4 Å². The van der Waals surface area contributed by atoms with Gasteiger partial charge >= 0.3 is 0 Å². The van der Waals surface area contributed by atoms with E-state index in [0.717, 1.165) is 18.9 Å². The van der Waals surface area contributed by atoms with E-state index in [-0.39, 0.29) is 0 Å². The van der Waals surface area contributed by atoms with Gasteiger partial charge in [0.2, 0.25) is 0 Å². The lowest BCUT2D eigenvalue weighted by Crippen LogP contribution is -2.47. The van der Waals surface area contributed by atoms with Gasteiger partial charge in [-0.2, -0.15) is 5.10 Å². The Bertz CT molecular complexity index is 330. The first kappa shape index (κ1) is 10.0. The van der Waals surface area contributed by atoms with Gasteiger partial charge in [-0.25, -0.2) is 0 Å². The molecule has 2 heterocycles. The SMILES string of the molecule is c1cnnc(N(C2CC2)C2CCCNC2)c1. The molecule has 2 aliphatic rings. The minimum Gasteiger partial charge on any atom is -0.348 e. The highest BCUT2D eigenvalue weighted by Crippen LogP contribution is 2.33. The Labute approximate surface area is 96.1 Å². The van der Waals surface area contributed by atoms with Crippen molar-refractivity contribution in [3.8, 4) is 0 Å². The molecule has 1 aromatic rings. The van der Waals surface area contributed by atoms with Crippen molar-refractivity contribution in [2.45, 2.75) is 37.8 Å². The maximum atomic E-state index is 4.26. The molecule has 0 spiro atoms. The largest absolute Gasteiger partial charge is 0.348 e. The summed E-state index contributed by atoms with van der Waals surface area (Å²) in [6, 6.07) is 5.38. The van der Waals surface area contributed by atoms with E-state index >= 15 is 0 Å². The summed E-state index contributed by atoms with van der Waals surface area (Å²) in [6.45, 7) is 2.25. The summed E-state index contributed by atoms with van der Waals surface area (Å²) in [6.07, 6.45) is 6.92. The Morgan fingerprint density at radius 2 is 2.19 bits per heavy atom. The van der Waals surface area contributed by atoms with Crippen LogP contribution >= 0.6 is 0 Å². The molecule has 86 valence electrons. The van der Waals surface area contributed by atoms with Gasteiger partial charge in [-0.3, -0.25) is 0 Å². The summed E-state index contributed by atoms with van der Waals surface area (Å²) in [5.41, 5.74) is 0. The van der Waals surface area contributed by atoms with Crippen molar-refractivity contribution in [2.75, 3.05) is 18.0 Å². The fourth-order valence-corrected chi connectivity index (χ4v) is 2.53. The predicted octanol–water partition coefficient (Wildman–Crippen LogP) is 1.20. The van der Waals surface area contributed by atoms with Crippen molar-refractivity contribution in [1.82, 2.24) is 15.5 Å². The Hall–Kier alpha value is -1.16. The number of hydrogen-bond donors (Lipinski definition) is 1. The molecule has 1 atom stereocenters. The Balaban J connectivity index is 1.80. The summed E-state index contributed by atoms with van der Waals surface area (Å²) < 4.78 is 0. The number of anilines is 1. The second-order valence-corrected chi connectivity index (χ2v) is 4.72. The summed E-state index contributed by atoms with van der Waals surface area (Å²) >= 11 is 0. The minimum atomic E-state index is 0.609. The van der Waals surface area contributed by atoms with Crippen molar-refractivity contribution in [1.29, 1.82) is 0 Å². The number of piperidine rings is 1. The van der Waals surface area contributed by atoms with E-state index in [1.807, 2.05) is 6.07 Å². The lowest BCUT2D eigenvalue weighted by molar-refractivity contribution is 0.426. The number of nitrogens with one attached hydrogen (secondary N) is 1. The zero-order valence-corrected chi connectivity index (χ0v) is 9.47. The highest BCUT2D eigenvalue weighted by atomic mass is 15.3. The van der Waals surface area contributed by atoms with Gasteiger partial charge in [-0.1, -0.05) is 0 Å². The van der Waals surface area contributed by atoms with Crippen LogP contribution in [0.2, 0.25) is 0 Å². The van der Waals surface area contributed by atoms with Crippen molar-refractivity contribution in [3.05, 3.63) is 18.3 Å². The molecule has 1 unspecified atom stereocenters. The summed E-state index contributed by atoms with van der Waals surface area (Å²) in [4.78, 5) is 2.49. The van der Waals surface area contributed by atoms with Crippen LogP contribution in [0.4, 0.5) is 5.82 Å². The highest BCUT2D eigenvalue weighted by Gasteiger charge is 2.35. The molecule has 1 saturated heterocycles. The summed E-state index contributed by atoms with van der Waals surface area (Å²) in [5, 5.41) is 11.7. The van der Waals surface area contributed by atoms with Gasteiger partial charge in [0.1, 0.15) is 0 Å². The van der Waals surface area contributed by atoms with Crippen molar-refractivity contribution in [2.24, 2.45) is 0 Å². The molecule has 1 aliphatic heterocycles. The van der Waals surface area contributed by atoms with Crippen LogP contribution in [0.1, 0.15) is 25.7 Å². The average molecular weight is 218 g/mol. The summed E-state index contributed by atoms with van der Waals surface area (Å²) in [5.74, 6) is 1.05. The topological polar surface area (TPSA) is 41.1 Å². The molecule has 0 amide bonds.